The Hall–Kier alpha value is -2.92. The molecule has 132 valence electrons. The van der Waals surface area contributed by atoms with E-state index in [1.807, 2.05) is 49.6 Å². The fourth-order valence-corrected chi connectivity index (χ4v) is 3.14. The third kappa shape index (κ3) is 4.37. The summed E-state index contributed by atoms with van der Waals surface area (Å²) in [4.78, 5) is 25.1. The summed E-state index contributed by atoms with van der Waals surface area (Å²) in [6, 6.07) is 18.5. The number of carbonyl (C=O) groups excluding carboxylic acids is 2. The third-order valence-electron chi connectivity index (χ3n) is 4.07. The molecule has 5 heteroatoms. The molecule has 0 saturated carbocycles. The highest BCUT2D eigenvalue weighted by atomic mass is 32.1. The van der Waals surface area contributed by atoms with Gasteiger partial charge in [-0.3, -0.25) is 9.59 Å². The maximum Gasteiger partial charge on any atom is 0.265 e. The molecule has 0 spiro atoms. The molecular weight excluding hydrogens is 344 g/mol. The highest BCUT2D eigenvalue weighted by Crippen LogP contribution is 2.16. The van der Waals surface area contributed by atoms with Gasteiger partial charge in [-0.2, -0.15) is 0 Å². The Labute approximate surface area is 156 Å². The van der Waals surface area contributed by atoms with Crippen LogP contribution in [0.2, 0.25) is 0 Å². The van der Waals surface area contributed by atoms with E-state index in [4.69, 9.17) is 0 Å². The highest BCUT2D eigenvalue weighted by molar-refractivity contribution is 7.12. The summed E-state index contributed by atoms with van der Waals surface area (Å²) in [5.41, 5.74) is 3.46. The fourth-order valence-electron chi connectivity index (χ4n) is 2.52. The molecule has 0 aliphatic rings. The molecule has 1 aromatic heterocycles. The quantitative estimate of drug-likeness (QED) is 0.683. The summed E-state index contributed by atoms with van der Waals surface area (Å²) in [5.74, 6) is -0.292. The maximum atomic E-state index is 12.4. The number of hydrogen-bond donors (Lipinski definition) is 2. The molecule has 3 aromatic rings. The van der Waals surface area contributed by atoms with Gasteiger partial charge in [0.2, 0.25) is 0 Å². The van der Waals surface area contributed by atoms with Crippen LogP contribution in [0.4, 0.5) is 5.69 Å². The standard InChI is InChI=1S/C21H20N2O2S/c1-14-5-7-16(8-6-14)15(2)22-20(24)17-9-11-18(12-10-17)23-21(25)19-4-3-13-26-19/h3-13,15H,1-2H3,(H,22,24)(H,23,25). The molecule has 2 N–H and O–H groups in total. The number of carbonyl (C=O) groups is 2. The Bertz CT molecular complexity index is 885. The predicted octanol–water partition coefficient (Wildman–Crippen LogP) is 4.80. The zero-order chi connectivity index (χ0) is 18.5. The molecule has 4 nitrogen and oxygen atoms in total. The second-order valence-corrected chi connectivity index (χ2v) is 7.06. The van der Waals surface area contributed by atoms with E-state index >= 15 is 0 Å². The first-order valence-corrected chi connectivity index (χ1v) is 9.23. The Balaban J connectivity index is 1.61. The van der Waals surface area contributed by atoms with E-state index in [1.165, 1.54) is 16.9 Å². The van der Waals surface area contributed by atoms with Gasteiger partial charge in [0.05, 0.1) is 10.9 Å². The van der Waals surface area contributed by atoms with Gasteiger partial charge in [0.1, 0.15) is 0 Å². The van der Waals surface area contributed by atoms with Crippen molar-refractivity contribution >= 4 is 28.8 Å². The number of hydrogen-bond acceptors (Lipinski definition) is 3. The van der Waals surface area contributed by atoms with E-state index in [9.17, 15) is 9.59 Å². The maximum absolute atomic E-state index is 12.4. The van der Waals surface area contributed by atoms with Gasteiger partial charge in [-0.15, -0.1) is 11.3 Å². The van der Waals surface area contributed by atoms with Crippen LogP contribution in [0.1, 0.15) is 44.1 Å². The van der Waals surface area contributed by atoms with E-state index in [-0.39, 0.29) is 17.9 Å². The Kier molecular flexibility index (Phi) is 5.49. The number of benzene rings is 2. The number of thiophene rings is 1. The summed E-state index contributed by atoms with van der Waals surface area (Å²) in [6.45, 7) is 3.99. The second kappa shape index (κ2) is 7.97. The van der Waals surface area contributed by atoms with Crippen molar-refractivity contribution in [2.75, 3.05) is 5.32 Å². The molecule has 26 heavy (non-hydrogen) atoms. The predicted molar refractivity (Wildman–Crippen MR) is 106 cm³/mol. The summed E-state index contributed by atoms with van der Waals surface area (Å²) in [7, 11) is 0. The molecule has 0 saturated heterocycles. The van der Waals surface area contributed by atoms with Crippen LogP contribution in [-0.4, -0.2) is 11.8 Å². The molecule has 1 atom stereocenters. The van der Waals surface area contributed by atoms with Gasteiger partial charge in [0.15, 0.2) is 0 Å². The molecule has 0 radical (unpaired) electrons. The van der Waals surface area contributed by atoms with Gasteiger partial charge in [-0.1, -0.05) is 35.9 Å². The van der Waals surface area contributed by atoms with Crippen molar-refractivity contribution in [1.82, 2.24) is 5.32 Å². The van der Waals surface area contributed by atoms with Crippen molar-refractivity contribution in [3.05, 3.63) is 87.6 Å². The molecule has 2 amide bonds. The number of nitrogens with one attached hydrogen (secondary N) is 2. The largest absolute Gasteiger partial charge is 0.346 e. The van der Waals surface area contributed by atoms with Crippen LogP contribution in [0.25, 0.3) is 0 Å². The first-order valence-electron chi connectivity index (χ1n) is 8.35. The van der Waals surface area contributed by atoms with Crippen molar-refractivity contribution in [2.24, 2.45) is 0 Å². The van der Waals surface area contributed by atoms with E-state index in [0.717, 1.165) is 5.56 Å². The molecule has 0 aliphatic heterocycles. The van der Waals surface area contributed by atoms with E-state index in [0.29, 0.717) is 16.1 Å². The highest BCUT2D eigenvalue weighted by Gasteiger charge is 2.12. The van der Waals surface area contributed by atoms with Crippen LogP contribution in [-0.2, 0) is 0 Å². The van der Waals surface area contributed by atoms with Crippen molar-refractivity contribution in [1.29, 1.82) is 0 Å². The van der Waals surface area contributed by atoms with E-state index in [1.54, 1.807) is 30.3 Å². The van der Waals surface area contributed by atoms with Crippen molar-refractivity contribution in [3.8, 4) is 0 Å². The zero-order valence-electron chi connectivity index (χ0n) is 14.7. The normalized spacial score (nSPS) is 11.6. The molecule has 2 aromatic carbocycles. The number of aryl methyl sites for hydroxylation is 1. The van der Waals surface area contributed by atoms with Gasteiger partial charge >= 0.3 is 0 Å². The number of amides is 2. The number of anilines is 1. The van der Waals surface area contributed by atoms with Gasteiger partial charge in [0.25, 0.3) is 11.8 Å². The monoisotopic (exact) mass is 364 g/mol. The van der Waals surface area contributed by atoms with Crippen LogP contribution in [0.15, 0.2) is 66.0 Å². The molecule has 0 bridgehead atoms. The zero-order valence-corrected chi connectivity index (χ0v) is 15.5. The average Bonchev–Trinajstić information content (AvgIpc) is 3.17. The van der Waals surface area contributed by atoms with Gasteiger partial charge in [0, 0.05) is 11.3 Å². The van der Waals surface area contributed by atoms with Crippen molar-refractivity contribution < 1.29 is 9.59 Å². The van der Waals surface area contributed by atoms with Crippen LogP contribution < -0.4 is 10.6 Å². The van der Waals surface area contributed by atoms with Crippen molar-refractivity contribution in [2.45, 2.75) is 19.9 Å². The first kappa shape index (κ1) is 17.9. The summed E-state index contributed by atoms with van der Waals surface area (Å²) >= 11 is 1.39. The van der Waals surface area contributed by atoms with Crippen LogP contribution in [0, 0.1) is 6.92 Å². The summed E-state index contributed by atoms with van der Waals surface area (Å²) in [5, 5.41) is 7.67. The van der Waals surface area contributed by atoms with Crippen LogP contribution in [0.5, 0.6) is 0 Å². The molecule has 1 heterocycles. The van der Waals surface area contributed by atoms with E-state index < -0.39 is 0 Å². The number of rotatable bonds is 5. The lowest BCUT2D eigenvalue weighted by atomic mass is 10.1. The Morgan fingerprint density at radius 3 is 2.23 bits per heavy atom. The van der Waals surface area contributed by atoms with Gasteiger partial charge in [-0.05, 0) is 55.1 Å². The Morgan fingerprint density at radius 2 is 1.62 bits per heavy atom. The van der Waals surface area contributed by atoms with Crippen LogP contribution >= 0.6 is 11.3 Å². The minimum Gasteiger partial charge on any atom is -0.346 e. The molecule has 0 aliphatic carbocycles. The SMILES string of the molecule is Cc1ccc(C(C)NC(=O)c2ccc(NC(=O)c3cccs3)cc2)cc1. The molecule has 3 rings (SSSR count). The van der Waals surface area contributed by atoms with Crippen molar-refractivity contribution in [3.63, 3.8) is 0 Å². The van der Waals surface area contributed by atoms with E-state index in [2.05, 4.69) is 10.6 Å². The Morgan fingerprint density at radius 1 is 0.923 bits per heavy atom. The summed E-state index contributed by atoms with van der Waals surface area (Å²) in [6.07, 6.45) is 0. The smallest absolute Gasteiger partial charge is 0.265 e. The first-order chi connectivity index (χ1) is 12.5. The lowest BCUT2D eigenvalue weighted by Gasteiger charge is -2.15. The third-order valence-corrected chi connectivity index (χ3v) is 4.94. The van der Waals surface area contributed by atoms with Crippen LogP contribution in [0.3, 0.4) is 0 Å². The topological polar surface area (TPSA) is 58.2 Å². The van der Waals surface area contributed by atoms with Gasteiger partial charge in [-0.25, -0.2) is 0 Å². The molecule has 0 fully saturated rings. The fraction of sp³-hybridized carbons (Fsp3) is 0.143. The lowest BCUT2D eigenvalue weighted by molar-refractivity contribution is 0.0939. The minimum atomic E-state index is -0.148. The van der Waals surface area contributed by atoms with Gasteiger partial charge < -0.3 is 10.6 Å². The minimum absolute atomic E-state index is 0.0821. The average molecular weight is 364 g/mol. The summed E-state index contributed by atoms with van der Waals surface area (Å²) < 4.78 is 0. The lowest BCUT2D eigenvalue weighted by Crippen LogP contribution is -2.26. The second-order valence-electron chi connectivity index (χ2n) is 6.11. The molecular formula is C21H20N2O2S. The molecule has 1 unspecified atom stereocenters.